The maximum atomic E-state index is 12.8. The minimum absolute atomic E-state index is 0.00403. The third-order valence-electron chi connectivity index (χ3n) is 5.17. The molecule has 0 aromatic carbocycles. The number of imidazole rings is 1. The van der Waals surface area contributed by atoms with Crippen molar-refractivity contribution >= 4 is 5.91 Å². The zero-order valence-electron chi connectivity index (χ0n) is 14.5. The third kappa shape index (κ3) is 3.74. The minimum atomic E-state index is 0.00403. The highest BCUT2D eigenvalue weighted by Crippen LogP contribution is 2.34. The van der Waals surface area contributed by atoms with E-state index in [1.165, 1.54) is 18.4 Å². The highest BCUT2D eigenvalue weighted by molar-refractivity contribution is 5.92. The van der Waals surface area contributed by atoms with E-state index in [4.69, 9.17) is 4.74 Å². The lowest BCUT2D eigenvalue weighted by Gasteiger charge is -2.18. The molecule has 2 fully saturated rings. The van der Waals surface area contributed by atoms with Gasteiger partial charge in [0.1, 0.15) is 5.69 Å². The SMILES string of the molecule is Cn1cnc(C(=O)N2C[C@@H](COCC3CC3)[C@H](c3ccncc3)C2)c1. The number of hydrogen-bond acceptors (Lipinski definition) is 4. The normalized spacial score (nSPS) is 23.2. The number of carbonyl (C=O) groups excluding carboxylic acids is 1. The van der Waals surface area contributed by atoms with Gasteiger partial charge in [0.15, 0.2) is 0 Å². The average molecular weight is 340 g/mol. The summed E-state index contributed by atoms with van der Waals surface area (Å²) < 4.78 is 7.76. The van der Waals surface area contributed by atoms with Gasteiger partial charge in [-0.05, 0) is 36.5 Å². The average Bonchev–Trinajstić information content (AvgIpc) is 3.19. The molecular formula is C19H24N4O2. The lowest BCUT2D eigenvalue weighted by atomic mass is 9.90. The van der Waals surface area contributed by atoms with Crippen molar-refractivity contribution in [2.45, 2.75) is 18.8 Å². The summed E-state index contributed by atoms with van der Waals surface area (Å²) in [5.41, 5.74) is 1.74. The van der Waals surface area contributed by atoms with Crippen molar-refractivity contribution in [3.8, 4) is 0 Å². The van der Waals surface area contributed by atoms with Crippen molar-refractivity contribution in [1.29, 1.82) is 0 Å². The van der Waals surface area contributed by atoms with Gasteiger partial charge in [0, 0.05) is 57.2 Å². The van der Waals surface area contributed by atoms with Crippen LogP contribution in [0.5, 0.6) is 0 Å². The molecular weight excluding hydrogens is 316 g/mol. The molecule has 1 aliphatic carbocycles. The summed E-state index contributed by atoms with van der Waals surface area (Å²) >= 11 is 0. The highest BCUT2D eigenvalue weighted by Gasteiger charge is 2.37. The van der Waals surface area contributed by atoms with Crippen LogP contribution in [-0.2, 0) is 11.8 Å². The molecule has 1 saturated heterocycles. The molecule has 2 aromatic rings. The Bertz CT molecular complexity index is 726. The zero-order chi connectivity index (χ0) is 17.2. The van der Waals surface area contributed by atoms with Crippen molar-refractivity contribution in [3.63, 3.8) is 0 Å². The predicted octanol–water partition coefficient (Wildman–Crippen LogP) is 2.10. The summed E-state index contributed by atoms with van der Waals surface area (Å²) in [6, 6.07) is 4.10. The van der Waals surface area contributed by atoms with E-state index in [-0.39, 0.29) is 11.8 Å². The number of pyridine rings is 1. The topological polar surface area (TPSA) is 60.2 Å². The Morgan fingerprint density at radius 1 is 1.24 bits per heavy atom. The van der Waals surface area contributed by atoms with Gasteiger partial charge in [0.05, 0.1) is 12.9 Å². The van der Waals surface area contributed by atoms with Crippen LogP contribution in [0.15, 0.2) is 37.1 Å². The Morgan fingerprint density at radius 3 is 2.72 bits per heavy atom. The van der Waals surface area contributed by atoms with Crippen LogP contribution in [0, 0.1) is 11.8 Å². The van der Waals surface area contributed by atoms with E-state index >= 15 is 0 Å². The van der Waals surface area contributed by atoms with Gasteiger partial charge in [-0.15, -0.1) is 0 Å². The molecule has 0 bridgehead atoms. The standard InChI is InChI=1S/C19H24N4O2/c1-22-10-18(21-13-22)19(24)23-8-16(12-25-11-14-2-3-14)17(9-23)15-4-6-20-7-5-15/h4-7,10,13-14,16-17H,2-3,8-9,11-12H2,1H3/t16-,17-/m0/s1. The summed E-state index contributed by atoms with van der Waals surface area (Å²) in [6.45, 7) is 2.98. The summed E-state index contributed by atoms with van der Waals surface area (Å²) in [5.74, 6) is 1.36. The Balaban J connectivity index is 1.47. The smallest absolute Gasteiger partial charge is 0.274 e. The molecule has 1 amide bonds. The van der Waals surface area contributed by atoms with Crippen molar-refractivity contribution in [2.75, 3.05) is 26.3 Å². The molecule has 6 heteroatoms. The summed E-state index contributed by atoms with van der Waals surface area (Å²) in [7, 11) is 1.88. The van der Waals surface area contributed by atoms with Gasteiger partial charge in [-0.3, -0.25) is 9.78 Å². The van der Waals surface area contributed by atoms with Crippen LogP contribution in [0.2, 0.25) is 0 Å². The molecule has 0 unspecified atom stereocenters. The number of aryl methyl sites for hydroxylation is 1. The van der Waals surface area contributed by atoms with E-state index in [9.17, 15) is 4.79 Å². The molecule has 0 spiro atoms. The van der Waals surface area contributed by atoms with Crippen LogP contribution in [0.4, 0.5) is 0 Å². The first kappa shape index (κ1) is 16.3. The molecule has 2 atom stereocenters. The number of likely N-dealkylation sites (tertiary alicyclic amines) is 1. The zero-order valence-corrected chi connectivity index (χ0v) is 14.5. The molecule has 132 valence electrons. The van der Waals surface area contributed by atoms with E-state index in [2.05, 4.69) is 9.97 Å². The number of rotatable bonds is 6. The Hall–Kier alpha value is -2.21. The molecule has 3 heterocycles. The molecule has 2 aromatic heterocycles. The molecule has 4 rings (SSSR count). The molecule has 0 radical (unpaired) electrons. The molecule has 6 nitrogen and oxygen atoms in total. The number of aromatic nitrogens is 3. The fourth-order valence-corrected chi connectivity index (χ4v) is 3.55. The largest absolute Gasteiger partial charge is 0.381 e. The van der Waals surface area contributed by atoms with Gasteiger partial charge in [-0.1, -0.05) is 0 Å². The Kier molecular flexibility index (Phi) is 4.53. The van der Waals surface area contributed by atoms with Gasteiger partial charge in [0.2, 0.25) is 0 Å². The fraction of sp³-hybridized carbons (Fsp3) is 0.526. The maximum absolute atomic E-state index is 12.8. The molecule has 1 aliphatic heterocycles. The quantitative estimate of drug-likeness (QED) is 0.808. The number of amides is 1. The molecule has 1 saturated carbocycles. The van der Waals surface area contributed by atoms with Crippen LogP contribution >= 0.6 is 0 Å². The summed E-state index contributed by atoms with van der Waals surface area (Å²) in [6.07, 6.45) is 9.67. The predicted molar refractivity (Wildman–Crippen MR) is 93.1 cm³/mol. The fourth-order valence-electron chi connectivity index (χ4n) is 3.55. The summed E-state index contributed by atoms with van der Waals surface area (Å²) in [4.78, 5) is 23.0. The van der Waals surface area contributed by atoms with Crippen LogP contribution < -0.4 is 0 Å². The number of ether oxygens (including phenoxy) is 1. The van der Waals surface area contributed by atoms with Gasteiger partial charge < -0.3 is 14.2 Å². The molecule has 0 N–H and O–H groups in total. The lowest BCUT2D eigenvalue weighted by molar-refractivity contribution is 0.0735. The minimum Gasteiger partial charge on any atom is -0.381 e. The van der Waals surface area contributed by atoms with Crippen LogP contribution in [0.25, 0.3) is 0 Å². The van der Waals surface area contributed by atoms with Gasteiger partial charge in [0.25, 0.3) is 5.91 Å². The van der Waals surface area contributed by atoms with Crippen molar-refractivity contribution in [1.82, 2.24) is 19.4 Å². The first-order chi connectivity index (χ1) is 12.2. The first-order valence-corrected chi connectivity index (χ1v) is 8.95. The van der Waals surface area contributed by atoms with Crippen molar-refractivity contribution < 1.29 is 9.53 Å². The van der Waals surface area contributed by atoms with Crippen molar-refractivity contribution in [2.24, 2.45) is 18.9 Å². The first-order valence-electron chi connectivity index (χ1n) is 8.95. The van der Waals surface area contributed by atoms with E-state index in [1.807, 2.05) is 36.5 Å². The number of nitrogens with zero attached hydrogens (tertiary/aromatic N) is 4. The lowest BCUT2D eigenvalue weighted by Crippen LogP contribution is -2.29. The monoisotopic (exact) mass is 340 g/mol. The second-order valence-corrected chi connectivity index (χ2v) is 7.26. The molecule has 2 aliphatic rings. The van der Waals surface area contributed by atoms with Crippen molar-refractivity contribution in [3.05, 3.63) is 48.3 Å². The van der Waals surface area contributed by atoms with E-state index < -0.39 is 0 Å². The van der Waals surface area contributed by atoms with Crippen LogP contribution in [0.1, 0.15) is 34.8 Å². The van der Waals surface area contributed by atoms with Crippen LogP contribution in [0.3, 0.4) is 0 Å². The number of carbonyl (C=O) groups is 1. The van der Waals surface area contributed by atoms with E-state index in [0.29, 0.717) is 31.3 Å². The second kappa shape index (κ2) is 6.96. The van der Waals surface area contributed by atoms with Crippen LogP contribution in [-0.4, -0.2) is 51.6 Å². The highest BCUT2D eigenvalue weighted by atomic mass is 16.5. The maximum Gasteiger partial charge on any atom is 0.274 e. The van der Waals surface area contributed by atoms with E-state index in [1.54, 1.807) is 17.1 Å². The summed E-state index contributed by atoms with van der Waals surface area (Å²) in [5, 5.41) is 0. The van der Waals surface area contributed by atoms with Gasteiger partial charge in [-0.2, -0.15) is 0 Å². The Morgan fingerprint density at radius 2 is 2.04 bits per heavy atom. The van der Waals surface area contributed by atoms with Gasteiger partial charge >= 0.3 is 0 Å². The van der Waals surface area contributed by atoms with Gasteiger partial charge in [-0.25, -0.2) is 4.98 Å². The third-order valence-corrected chi connectivity index (χ3v) is 5.17. The second-order valence-electron chi connectivity index (χ2n) is 7.26. The van der Waals surface area contributed by atoms with E-state index in [0.717, 1.165) is 12.5 Å². The molecule has 25 heavy (non-hydrogen) atoms. The Labute approximate surface area is 147 Å². The number of hydrogen-bond donors (Lipinski definition) is 0.